The van der Waals surface area contributed by atoms with Crippen molar-refractivity contribution in [3.05, 3.63) is 56.5 Å². The van der Waals surface area contributed by atoms with E-state index in [2.05, 4.69) is 27.0 Å². The van der Waals surface area contributed by atoms with Crippen LogP contribution in [0.4, 0.5) is 5.69 Å². The van der Waals surface area contributed by atoms with Crippen LogP contribution in [0.1, 0.15) is 16.7 Å². The molecule has 98 valence electrons. The molecule has 1 N–H and O–H groups in total. The number of nitrogens with zero attached hydrogens (tertiary/aromatic N) is 1. The number of halogens is 2. The molecule has 0 aliphatic heterocycles. The van der Waals surface area contributed by atoms with Crippen molar-refractivity contribution < 1.29 is 5.11 Å². The molecule has 0 fully saturated rings. The van der Waals surface area contributed by atoms with Crippen molar-refractivity contribution in [2.45, 2.75) is 13.8 Å². The second-order valence-electron chi connectivity index (χ2n) is 4.37. The molecule has 0 atom stereocenters. The summed E-state index contributed by atoms with van der Waals surface area (Å²) in [5, 5.41) is 10.5. The predicted octanol–water partition coefficient (Wildman–Crippen LogP) is 5.18. The summed E-state index contributed by atoms with van der Waals surface area (Å²) >= 11 is 9.20. The normalized spacial score (nSPS) is 11.2. The van der Waals surface area contributed by atoms with Crippen molar-refractivity contribution in [3.8, 4) is 5.75 Å². The topological polar surface area (TPSA) is 32.6 Å². The molecule has 19 heavy (non-hydrogen) atoms. The molecule has 2 rings (SSSR count). The summed E-state index contributed by atoms with van der Waals surface area (Å²) in [5.74, 6) is 0.137. The van der Waals surface area contributed by atoms with Crippen molar-refractivity contribution in [1.82, 2.24) is 0 Å². The van der Waals surface area contributed by atoms with Gasteiger partial charge in [0.05, 0.1) is 10.2 Å². The number of aromatic hydroxyl groups is 1. The first-order valence-electron chi connectivity index (χ1n) is 5.76. The minimum absolute atomic E-state index is 0.137. The van der Waals surface area contributed by atoms with Gasteiger partial charge >= 0.3 is 0 Å². The van der Waals surface area contributed by atoms with Crippen molar-refractivity contribution in [2.24, 2.45) is 4.99 Å². The molecule has 0 aromatic heterocycles. The zero-order valence-electron chi connectivity index (χ0n) is 10.6. The summed E-state index contributed by atoms with van der Waals surface area (Å²) in [6, 6.07) is 9.35. The Bertz CT molecular complexity index is 653. The highest BCUT2D eigenvalue weighted by Crippen LogP contribution is 2.31. The van der Waals surface area contributed by atoms with Crippen LogP contribution >= 0.6 is 27.5 Å². The molecule has 0 saturated carbocycles. The van der Waals surface area contributed by atoms with Gasteiger partial charge in [-0.15, -0.1) is 0 Å². The molecule has 2 aromatic carbocycles. The lowest BCUT2D eigenvalue weighted by Gasteiger charge is -2.04. The predicted molar refractivity (Wildman–Crippen MR) is 84.0 cm³/mol. The minimum Gasteiger partial charge on any atom is -0.506 e. The molecule has 2 nitrogen and oxygen atoms in total. The zero-order chi connectivity index (χ0) is 14.0. The fraction of sp³-hybridized carbons (Fsp3) is 0.133. The largest absolute Gasteiger partial charge is 0.506 e. The Morgan fingerprint density at radius 2 is 1.95 bits per heavy atom. The van der Waals surface area contributed by atoms with Gasteiger partial charge in [-0.25, -0.2) is 0 Å². The van der Waals surface area contributed by atoms with Crippen LogP contribution < -0.4 is 0 Å². The number of phenolic OH excluding ortho intramolecular Hbond substituents is 1. The van der Waals surface area contributed by atoms with E-state index in [1.165, 1.54) is 5.56 Å². The Kier molecular flexibility index (Phi) is 4.27. The lowest BCUT2D eigenvalue weighted by molar-refractivity contribution is 0.471. The summed E-state index contributed by atoms with van der Waals surface area (Å²) in [4.78, 5) is 4.40. The molecule has 4 heteroatoms. The van der Waals surface area contributed by atoms with Crippen LogP contribution in [0.15, 0.2) is 39.8 Å². The third kappa shape index (κ3) is 3.37. The number of rotatable bonds is 2. The van der Waals surface area contributed by atoms with Gasteiger partial charge in [-0.3, -0.25) is 4.99 Å². The van der Waals surface area contributed by atoms with Gasteiger partial charge in [0, 0.05) is 16.8 Å². The highest BCUT2D eigenvalue weighted by atomic mass is 79.9. The Labute approximate surface area is 125 Å². The van der Waals surface area contributed by atoms with Crippen molar-refractivity contribution in [3.63, 3.8) is 0 Å². The third-order valence-corrected chi connectivity index (χ3v) is 3.58. The molecule has 0 unspecified atom stereocenters. The molecule has 0 aliphatic carbocycles. The van der Waals surface area contributed by atoms with E-state index in [1.807, 2.05) is 26.0 Å². The Hall–Kier alpha value is -1.32. The van der Waals surface area contributed by atoms with Crippen LogP contribution in [0, 0.1) is 13.8 Å². The Morgan fingerprint density at radius 3 is 2.63 bits per heavy atom. The number of hydrogen-bond donors (Lipinski definition) is 1. The van der Waals surface area contributed by atoms with Crippen LogP contribution in [0.5, 0.6) is 5.75 Å². The number of aliphatic imine (C=N–C) groups is 1. The van der Waals surface area contributed by atoms with Gasteiger partial charge in [0.15, 0.2) is 0 Å². The van der Waals surface area contributed by atoms with Crippen LogP contribution in [0.25, 0.3) is 0 Å². The summed E-state index contributed by atoms with van der Waals surface area (Å²) in [5.41, 5.74) is 3.75. The number of hydrogen-bond acceptors (Lipinski definition) is 2. The summed E-state index contributed by atoms with van der Waals surface area (Å²) in [7, 11) is 0. The maximum absolute atomic E-state index is 9.92. The second kappa shape index (κ2) is 5.76. The van der Waals surface area contributed by atoms with E-state index in [0.29, 0.717) is 15.1 Å². The molecule has 0 heterocycles. The SMILES string of the molecule is Cc1ccc(N=Cc2cc(Cl)cc(Br)c2O)c(C)c1. The minimum atomic E-state index is 0.137. The zero-order valence-corrected chi connectivity index (χ0v) is 13.0. The maximum Gasteiger partial charge on any atom is 0.138 e. The lowest BCUT2D eigenvalue weighted by atomic mass is 10.1. The highest BCUT2D eigenvalue weighted by Gasteiger charge is 2.05. The Morgan fingerprint density at radius 1 is 1.21 bits per heavy atom. The van der Waals surface area contributed by atoms with E-state index >= 15 is 0 Å². The van der Waals surface area contributed by atoms with Crippen LogP contribution in [0.2, 0.25) is 5.02 Å². The van der Waals surface area contributed by atoms with Crippen LogP contribution in [-0.2, 0) is 0 Å². The average Bonchev–Trinajstić information content (AvgIpc) is 2.33. The fourth-order valence-electron chi connectivity index (χ4n) is 1.77. The quantitative estimate of drug-likeness (QED) is 0.752. The molecular weight excluding hydrogens is 326 g/mol. The standard InChI is InChI=1S/C15H13BrClNO/c1-9-3-4-14(10(2)5-9)18-8-11-6-12(17)7-13(16)15(11)19/h3-8,19H,1-2H3. The first-order valence-corrected chi connectivity index (χ1v) is 6.94. The van der Waals surface area contributed by atoms with E-state index in [4.69, 9.17) is 11.6 Å². The molecule has 2 aromatic rings. The van der Waals surface area contributed by atoms with Gasteiger partial charge in [-0.2, -0.15) is 0 Å². The van der Waals surface area contributed by atoms with Gasteiger partial charge in [-0.05, 0) is 53.5 Å². The molecule has 0 spiro atoms. The first-order chi connectivity index (χ1) is 8.97. The summed E-state index contributed by atoms with van der Waals surface area (Å²) in [6.45, 7) is 4.05. The molecular formula is C15H13BrClNO. The smallest absolute Gasteiger partial charge is 0.138 e. The third-order valence-electron chi connectivity index (χ3n) is 2.75. The average molecular weight is 339 g/mol. The van der Waals surface area contributed by atoms with E-state index in [-0.39, 0.29) is 5.75 Å². The maximum atomic E-state index is 9.92. The van der Waals surface area contributed by atoms with Crippen molar-refractivity contribution in [2.75, 3.05) is 0 Å². The number of aryl methyl sites for hydroxylation is 2. The summed E-state index contributed by atoms with van der Waals surface area (Å²) in [6.07, 6.45) is 1.61. The van der Waals surface area contributed by atoms with E-state index in [9.17, 15) is 5.11 Å². The van der Waals surface area contributed by atoms with Gasteiger partial charge in [-0.1, -0.05) is 29.3 Å². The van der Waals surface area contributed by atoms with Crippen LogP contribution in [-0.4, -0.2) is 11.3 Å². The molecule has 0 saturated heterocycles. The van der Waals surface area contributed by atoms with Crippen LogP contribution in [0.3, 0.4) is 0 Å². The molecule has 0 radical (unpaired) electrons. The van der Waals surface area contributed by atoms with E-state index in [0.717, 1.165) is 11.3 Å². The monoisotopic (exact) mass is 337 g/mol. The van der Waals surface area contributed by atoms with E-state index in [1.54, 1.807) is 18.3 Å². The number of benzene rings is 2. The highest BCUT2D eigenvalue weighted by molar-refractivity contribution is 9.10. The lowest BCUT2D eigenvalue weighted by Crippen LogP contribution is -1.85. The van der Waals surface area contributed by atoms with Crippen molar-refractivity contribution >= 4 is 39.4 Å². The number of phenols is 1. The molecule has 0 bridgehead atoms. The Balaban J connectivity index is 2.38. The van der Waals surface area contributed by atoms with Gasteiger partial charge in [0.2, 0.25) is 0 Å². The van der Waals surface area contributed by atoms with Gasteiger partial charge < -0.3 is 5.11 Å². The van der Waals surface area contributed by atoms with Gasteiger partial charge in [0.1, 0.15) is 5.75 Å². The second-order valence-corrected chi connectivity index (χ2v) is 5.66. The first kappa shape index (κ1) is 14.1. The van der Waals surface area contributed by atoms with Gasteiger partial charge in [0.25, 0.3) is 0 Å². The van der Waals surface area contributed by atoms with Crippen molar-refractivity contribution in [1.29, 1.82) is 0 Å². The van der Waals surface area contributed by atoms with E-state index < -0.39 is 0 Å². The molecule has 0 aliphatic rings. The summed E-state index contributed by atoms with van der Waals surface area (Å²) < 4.78 is 0.557. The molecule has 0 amide bonds. The fourth-order valence-corrected chi connectivity index (χ4v) is 2.61.